The van der Waals surface area contributed by atoms with Crippen LogP contribution in [0.15, 0.2) is 59.4 Å². The van der Waals surface area contributed by atoms with Crippen molar-refractivity contribution in [3.8, 4) is 0 Å². The highest BCUT2D eigenvalue weighted by molar-refractivity contribution is 5.78. The van der Waals surface area contributed by atoms with E-state index in [9.17, 15) is 9.18 Å². The third-order valence-electron chi connectivity index (χ3n) is 5.54. The maximum Gasteiger partial charge on any atom is 0.236 e. The molecule has 0 spiro atoms. The van der Waals surface area contributed by atoms with E-state index in [1.54, 1.807) is 18.5 Å². The Hall–Kier alpha value is -3.06. The molecule has 1 atom stereocenters. The van der Waals surface area contributed by atoms with Crippen molar-refractivity contribution >= 4 is 5.91 Å². The Labute approximate surface area is 181 Å². The first-order valence-electron chi connectivity index (χ1n) is 10.6. The molecule has 1 amide bonds. The van der Waals surface area contributed by atoms with Gasteiger partial charge in [0.1, 0.15) is 11.6 Å². The van der Waals surface area contributed by atoms with Gasteiger partial charge in [0.05, 0.1) is 18.7 Å². The number of benzene rings is 1. The van der Waals surface area contributed by atoms with Crippen molar-refractivity contribution in [3.05, 3.63) is 83.6 Å². The molecule has 2 aromatic heterocycles. The molecule has 0 aliphatic carbocycles. The van der Waals surface area contributed by atoms with Crippen molar-refractivity contribution in [2.24, 2.45) is 0 Å². The summed E-state index contributed by atoms with van der Waals surface area (Å²) in [4.78, 5) is 25.3. The summed E-state index contributed by atoms with van der Waals surface area (Å²) < 4.78 is 19.4. The van der Waals surface area contributed by atoms with E-state index in [-0.39, 0.29) is 17.6 Å². The summed E-state index contributed by atoms with van der Waals surface area (Å²) in [6.07, 6.45) is 7.64. The fourth-order valence-corrected chi connectivity index (χ4v) is 4.04. The molecule has 1 aromatic carbocycles. The number of carbonyl (C=O) groups is 1. The van der Waals surface area contributed by atoms with Crippen LogP contribution in [0, 0.1) is 5.82 Å². The van der Waals surface area contributed by atoms with Gasteiger partial charge in [0.2, 0.25) is 5.91 Å². The maximum absolute atomic E-state index is 13.4. The number of nitrogens with zero attached hydrogens (tertiary/aromatic N) is 4. The van der Waals surface area contributed by atoms with Crippen LogP contribution in [-0.2, 0) is 17.8 Å². The number of rotatable bonds is 7. The summed E-state index contributed by atoms with van der Waals surface area (Å²) in [6.45, 7) is 2.41. The van der Waals surface area contributed by atoms with E-state index in [4.69, 9.17) is 4.42 Å². The largest absolute Gasteiger partial charge is 0.445 e. The average Bonchev–Trinajstić information content (AvgIpc) is 3.23. The van der Waals surface area contributed by atoms with E-state index in [1.807, 2.05) is 41.2 Å². The number of oxazole rings is 1. The standard InChI is InChI=1S/C24H27FN4O2/c1-28(15-19-6-3-9-26-13-19)17-23(30)29-10-4-7-20(16-29)24-27-14-22(31-24)12-18-5-2-8-21(25)11-18/h2-3,5-6,8-9,11,13-14,20H,4,7,10,12,15-17H2,1H3/t20-/m0/s1. The van der Waals surface area contributed by atoms with Crippen LogP contribution in [-0.4, -0.2) is 52.4 Å². The Morgan fingerprint density at radius 2 is 2.13 bits per heavy atom. The smallest absolute Gasteiger partial charge is 0.236 e. The lowest BCUT2D eigenvalue weighted by Crippen LogP contribution is -2.43. The highest BCUT2D eigenvalue weighted by Crippen LogP contribution is 2.27. The number of piperidine rings is 1. The lowest BCUT2D eigenvalue weighted by atomic mass is 9.98. The molecule has 162 valence electrons. The third kappa shape index (κ3) is 5.76. The van der Waals surface area contributed by atoms with Gasteiger partial charge in [-0.25, -0.2) is 9.37 Å². The van der Waals surface area contributed by atoms with E-state index in [0.29, 0.717) is 37.7 Å². The van der Waals surface area contributed by atoms with Crippen molar-refractivity contribution < 1.29 is 13.6 Å². The number of aromatic nitrogens is 2. The molecule has 1 aliphatic heterocycles. The van der Waals surface area contributed by atoms with Gasteiger partial charge in [-0.15, -0.1) is 0 Å². The first-order chi connectivity index (χ1) is 15.1. The van der Waals surface area contributed by atoms with Crippen molar-refractivity contribution in [2.45, 2.75) is 31.7 Å². The van der Waals surface area contributed by atoms with Crippen LogP contribution in [0.4, 0.5) is 4.39 Å². The first kappa shape index (κ1) is 21.2. The van der Waals surface area contributed by atoms with Gasteiger partial charge in [-0.3, -0.25) is 14.7 Å². The first-order valence-corrected chi connectivity index (χ1v) is 10.6. The molecule has 1 saturated heterocycles. The lowest BCUT2D eigenvalue weighted by molar-refractivity contribution is -0.133. The van der Waals surface area contributed by atoms with Crippen LogP contribution in [0.2, 0.25) is 0 Å². The Morgan fingerprint density at radius 1 is 1.26 bits per heavy atom. The summed E-state index contributed by atoms with van der Waals surface area (Å²) in [5.41, 5.74) is 1.93. The van der Waals surface area contributed by atoms with Gasteiger partial charge >= 0.3 is 0 Å². The van der Waals surface area contributed by atoms with Gasteiger partial charge in [-0.2, -0.15) is 0 Å². The van der Waals surface area contributed by atoms with Crippen LogP contribution in [0.25, 0.3) is 0 Å². The van der Waals surface area contributed by atoms with Gasteiger partial charge in [0.25, 0.3) is 0 Å². The van der Waals surface area contributed by atoms with Gasteiger partial charge in [0, 0.05) is 38.4 Å². The number of amides is 1. The molecule has 7 heteroatoms. The third-order valence-corrected chi connectivity index (χ3v) is 5.54. The highest BCUT2D eigenvalue weighted by Gasteiger charge is 2.28. The predicted molar refractivity (Wildman–Crippen MR) is 115 cm³/mol. The Morgan fingerprint density at radius 3 is 2.94 bits per heavy atom. The zero-order chi connectivity index (χ0) is 21.6. The van der Waals surface area contributed by atoms with Crippen molar-refractivity contribution in [3.63, 3.8) is 0 Å². The van der Waals surface area contributed by atoms with Crippen LogP contribution in [0.3, 0.4) is 0 Å². The van der Waals surface area contributed by atoms with Crippen LogP contribution >= 0.6 is 0 Å². The Balaban J connectivity index is 1.33. The lowest BCUT2D eigenvalue weighted by Gasteiger charge is -2.32. The molecule has 0 N–H and O–H groups in total. The van der Waals surface area contributed by atoms with Crippen molar-refractivity contribution in [2.75, 3.05) is 26.7 Å². The minimum atomic E-state index is -0.257. The van der Waals surface area contributed by atoms with Crippen molar-refractivity contribution in [1.29, 1.82) is 0 Å². The molecular formula is C24H27FN4O2. The van der Waals surface area contributed by atoms with E-state index >= 15 is 0 Å². The van der Waals surface area contributed by atoms with Crippen LogP contribution in [0.1, 0.15) is 41.5 Å². The van der Waals surface area contributed by atoms with Crippen LogP contribution < -0.4 is 0 Å². The summed E-state index contributed by atoms with van der Waals surface area (Å²) in [5.74, 6) is 1.31. The molecule has 1 fully saturated rings. The summed E-state index contributed by atoms with van der Waals surface area (Å²) >= 11 is 0. The van der Waals surface area contributed by atoms with Crippen molar-refractivity contribution in [1.82, 2.24) is 19.8 Å². The zero-order valence-corrected chi connectivity index (χ0v) is 17.7. The molecular weight excluding hydrogens is 395 g/mol. The van der Waals surface area contributed by atoms with Gasteiger partial charge < -0.3 is 9.32 Å². The fraction of sp³-hybridized carbons (Fsp3) is 0.375. The number of likely N-dealkylation sites (tertiary alicyclic amines) is 1. The fourth-order valence-electron chi connectivity index (χ4n) is 4.04. The Kier molecular flexibility index (Phi) is 6.72. The number of likely N-dealkylation sites (N-methyl/N-ethyl adjacent to an activating group) is 1. The minimum Gasteiger partial charge on any atom is -0.445 e. The van der Waals surface area contributed by atoms with Gasteiger partial charge in [-0.1, -0.05) is 18.2 Å². The van der Waals surface area contributed by atoms with E-state index in [1.165, 1.54) is 12.1 Å². The molecule has 1 aliphatic rings. The molecule has 3 aromatic rings. The quantitative estimate of drug-likeness (QED) is 0.582. The molecule has 6 nitrogen and oxygen atoms in total. The average molecular weight is 423 g/mol. The second-order valence-corrected chi connectivity index (χ2v) is 8.18. The predicted octanol–water partition coefficient (Wildman–Crippen LogP) is 3.64. The number of carbonyl (C=O) groups excluding carboxylic acids is 1. The number of hydrogen-bond donors (Lipinski definition) is 0. The zero-order valence-electron chi connectivity index (χ0n) is 17.7. The normalized spacial score (nSPS) is 16.6. The molecule has 3 heterocycles. The SMILES string of the molecule is CN(CC(=O)N1CCC[C@H](c2ncc(Cc3cccc(F)c3)o2)C1)Cc1cccnc1. The van der Waals surface area contributed by atoms with E-state index in [0.717, 1.165) is 30.5 Å². The number of pyridine rings is 1. The van der Waals surface area contributed by atoms with Gasteiger partial charge in [0.15, 0.2) is 5.89 Å². The maximum atomic E-state index is 13.4. The monoisotopic (exact) mass is 422 g/mol. The summed E-state index contributed by atoms with van der Waals surface area (Å²) in [5, 5.41) is 0. The topological polar surface area (TPSA) is 62.5 Å². The number of hydrogen-bond acceptors (Lipinski definition) is 5. The van der Waals surface area contributed by atoms with E-state index in [2.05, 4.69) is 9.97 Å². The molecule has 31 heavy (non-hydrogen) atoms. The molecule has 4 rings (SSSR count). The Bertz CT molecular complexity index is 1010. The molecule has 0 unspecified atom stereocenters. The second-order valence-electron chi connectivity index (χ2n) is 8.18. The van der Waals surface area contributed by atoms with Gasteiger partial charge in [-0.05, 0) is 49.2 Å². The number of halogens is 1. The molecule has 0 bridgehead atoms. The van der Waals surface area contributed by atoms with E-state index < -0.39 is 0 Å². The summed E-state index contributed by atoms with van der Waals surface area (Å²) in [7, 11) is 1.94. The molecule has 0 radical (unpaired) electrons. The second kappa shape index (κ2) is 9.83. The molecule has 0 saturated carbocycles. The van der Waals surface area contributed by atoms with Crippen LogP contribution in [0.5, 0.6) is 0 Å². The summed E-state index contributed by atoms with van der Waals surface area (Å²) in [6, 6.07) is 10.4. The minimum absolute atomic E-state index is 0.0857. The highest BCUT2D eigenvalue weighted by atomic mass is 19.1.